The highest BCUT2D eigenvalue weighted by Gasteiger charge is 1.80. The smallest absolute Gasteiger partial charge is 0.0138 e. The van der Waals surface area contributed by atoms with Crippen molar-refractivity contribution in [1.29, 1.82) is 0 Å². The van der Waals surface area contributed by atoms with E-state index < -0.39 is 0 Å². The molecule has 1 aromatic rings. The Bertz CT molecular complexity index is 146. The van der Waals surface area contributed by atoms with Crippen molar-refractivity contribution in [2.24, 2.45) is 0 Å². The molecule has 1 rings (SSSR count). The van der Waals surface area contributed by atoms with Gasteiger partial charge in [0.05, 0.1) is 0 Å². The summed E-state index contributed by atoms with van der Waals surface area (Å²) in [7, 11) is 1.98. The van der Waals surface area contributed by atoms with Gasteiger partial charge in [0, 0.05) is 10.2 Å². The van der Waals surface area contributed by atoms with Crippen LogP contribution >= 0.6 is 0 Å². The molecule has 0 aromatic heterocycles. The van der Waals surface area contributed by atoms with E-state index in [2.05, 4.69) is 24.3 Å². The Morgan fingerprint density at radius 1 is 1.12 bits per heavy atom. The van der Waals surface area contributed by atoms with E-state index >= 15 is 0 Å². The average molecular weight is 121 g/mol. The molecule has 0 saturated carbocycles. The predicted octanol–water partition coefficient (Wildman–Crippen LogP) is 0.820. The minimum Gasteiger partial charge on any atom is -0.0622 e. The Hall–Kier alpha value is -0.563. The van der Waals surface area contributed by atoms with Gasteiger partial charge in [-0.1, -0.05) is 35.9 Å². The second-order valence-corrected chi connectivity index (χ2v) is 2.24. The molecule has 1 aromatic carbocycles. The van der Waals surface area contributed by atoms with Crippen LogP contribution in [0.4, 0.5) is 0 Å². The molecule has 0 aliphatic carbocycles. The third-order valence-electron chi connectivity index (χ3n) is 1.13. The van der Waals surface area contributed by atoms with Crippen LogP contribution in [0.1, 0.15) is 5.56 Å². The molecule has 8 heavy (non-hydrogen) atoms. The first-order valence-electron chi connectivity index (χ1n) is 2.76. The van der Waals surface area contributed by atoms with Crippen molar-refractivity contribution in [1.82, 2.24) is 0 Å². The van der Waals surface area contributed by atoms with Gasteiger partial charge in [0.25, 0.3) is 0 Å². The highest BCUT2D eigenvalue weighted by Crippen LogP contribution is 1.95. The molecule has 0 unspecified atom stereocenters. The Morgan fingerprint density at radius 3 is 2.12 bits per heavy atom. The lowest BCUT2D eigenvalue weighted by Gasteiger charge is -1.89. The van der Waals surface area contributed by atoms with E-state index in [1.807, 2.05) is 16.3 Å². The fraction of sp³-hybridized carbons (Fsp3) is 0.143. The molecule has 0 aliphatic rings. The van der Waals surface area contributed by atoms with E-state index in [0.717, 1.165) is 0 Å². The van der Waals surface area contributed by atoms with E-state index in [1.165, 1.54) is 11.6 Å². The highest BCUT2D eigenvalue weighted by atomic mass is 28.1. The van der Waals surface area contributed by atoms with Gasteiger partial charge >= 0.3 is 0 Å². The first-order valence-corrected chi connectivity index (χ1v) is 3.76. The number of hydrogen-bond acceptors (Lipinski definition) is 0. The summed E-state index contributed by atoms with van der Waals surface area (Å²) in [4.78, 5) is 0. The molecule has 0 aliphatic heterocycles. The van der Waals surface area contributed by atoms with Crippen LogP contribution in [0.15, 0.2) is 30.3 Å². The normalized spacial score (nSPS) is 9.12. The van der Waals surface area contributed by atoms with E-state index in [-0.39, 0.29) is 0 Å². The molecule has 0 heterocycles. The van der Waals surface area contributed by atoms with Gasteiger partial charge in [0.1, 0.15) is 0 Å². The molecule has 0 fully saturated rings. The average Bonchev–Trinajstić information content (AvgIpc) is 1.90. The van der Waals surface area contributed by atoms with Crippen LogP contribution < -0.4 is 0 Å². The largest absolute Gasteiger partial charge is 0.0622 e. The summed E-state index contributed by atoms with van der Waals surface area (Å²) in [6.45, 7) is 0. The second kappa shape index (κ2) is 2.67. The first kappa shape index (κ1) is 5.57. The Kier molecular flexibility index (Phi) is 1.86. The maximum absolute atomic E-state index is 2.15. The van der Waals surface area contributed by atoms with Gasteiger partial charge in [0.2, 0.25) is 0 Å². The molecule has 0 atom stereocenters. The third-order valence-corrected chi connectivity index (χ3v) is 1.71. The Labute approximate surface area is 53.0 Å². The van der Waals surface area contributed by atoms with Gasteiger partial charge < -0.3 is 0 Å². The zero-order valence-corrected chi connectivity index (χ0v) is 6.22. The summed E-state index contributed by atoms with van der Waals surface area (Å²) in [6, 6.07) is 11.6. The topological polar surface area (TPSA) is 0 Å². The van der Waals surface area contributed by atoms with Gasteiger partial charge in [-0.05, 0) is 6.04 Å². The van der Waals surface area contributed by atoms with Crippen molar-refractivity contribution in [3.8, 4) is 0 Å². The maximum Gasteiger partial charge on any atom is 0.0138 e. The standard InChI is InChI=1S/C7H9Si/c8-6-7-4-2-1-3-5-7/h1-5H,6,8H2. The van der Waals surface area contributed by atoms with Crippen LogP contribution in [0.25, 0.3) is 0 Å². The summed E-state index contributed by atoms with van der Waals surface area (Å²) in [5.41, 5.74) is 1.42. The van der Waals surface area contributed by atoms with Gasteiger partial charge in [-0.15, -0.1) is 0 Å². The van der Waals surface area contributed by atoms with Crippen molar-refractivity contribution < 1.29 is 0 Å². The second-order valence-electron chi connectivity index (χ2n) is 1.74. The molecule has 0 bridgehead atoms. The molecule has 1 heteroatoms. The van der Waals surface area contributed by atoms with Crippen molar-refractivity contribution in [3.05, 3.63) is 35.9 Å². The highest BCUT2D eigenvalue weighted by molar-refractivity contribution is 6.08. The Balaban J connectivity index is 2.83. The van der Waals surface area contributed by atoms with Crippen LogP contribution in [0.3, 0.4) is 0 Å². The van der Waals surface area contributed by atoms with E-state index in [9.17, 15) is 0 Å². The summed E-state index contributed by atoms with van der Waals surface area (Å²) in [5, 5.41) is 0. The van der Waals surface area contributed by atoms with E-state index in [0.29, 0.717) is 0 Å². The lowest BCUT2D eigenvalue weighted by molar-refractivity contribution is 1.40. The van der Waals surface area contributed by atoms with E-state index in [4.69, 9.17) is 0 Å². The molecule has 1 radical (unpaired) electrons. The van der Waals surface area contributed by atoms with Crippen LogP contribution in [-0.4, -0.2) is 10.2 Å². The van der Waals surface area contributed by atoms with Gasteiger partial charge in [0.15, 0.2) is 0 Å². The lowest BCUT2D eigenvalue weighted by Crippen LogP contribution is -1.78. The first-order chi connectivity index (χ1) is 3.93. The summed E-state index contributed by atoms with van der Waals surface area (Å²) in [5.74, 6) is 0. The molecular weight excluding hydrogens is 112 g/mol. The van der Waals surface area contributed by atoms with Crippen molar-refractivity contribution >= 4 is 10.2 Å². The predicted molar refractivity (Wildman–Crippen MR) is 38.7 cm³/mol. The number of rotatable bonds is 1. The quantitative estimate of drug-likeness (QED) is 0.483. The summed E-state index contributed by atoms with van der Waals surface area (Å²) in [6.07, 6.45) is 0. The van der Waals surface area contributed by atoms with Crippen LogP contribution in [0, 0.1) is 0 Å². The molecule has 0 spiro atoms. The Morgan fingerprint density at radius 2 is 1.75 bits per heavy atom. The SMILES string of the molecule is [SiH2]Cc1ccccc1. The summed E-state index contributed by atoms with van der Waals surface area (Å²) < 4.78 is 0. The number of hydrogen-bond donors (Lipinski definition) is 0. The van der Waals surface area contributed by atoms with E-state index in [1.54, 1.807) is 0 Å². The van der Waals surface area contributed by atoms with Crippen molar-refractivity contribution in [2.45, 2.75) is 6.04 Å². The lowest BCUT2D eigenvalue weighted by atomic mass is 10.2. The van der Waals surface area contributed by atoms with Crippen LogP contribution in [0.5, 0.6) is 0 Å². The minimum atomic E-state index is 1.17. The zero-order chi connectivity index (χ0) is 5.82. The number of benzene rings is 1. The fourth-order valence-corrected chi connectivity index (χ4v) is 0.978. The van der Waals surface area contributed by atoms with Crippen molar-refractivity contribution in [2.75, 3.05) is 0 Å². The monoisotopic (exact) mass is 121 g/mol. The maximum atomic E-state index is 2.15. The zero-order valence-electron chi connectivity index (χ0n) is 4.80. The molecule has 0 nitrogen and oxygen atoms in total. The van der Waals surface area contributed by atoms with Gasteiger partial charge in [-0.2, -0.15) is 0 Å². The fourth-order valence-electron chi connectivity index (χ4n) is 0.645. The molecular formula is C7H9Si. The van der Waals surface area contributed by atoms with Gasteiger partial charge in [-0.3, -0.25) is 0 Å². The van der Waals surface area contributed by atoms with Gasteiger partial charge in [-0.25, -0.2) is 0 Å². The third kappa shape index (κ3) is 1.20. The van der Waals surface area contributed by atoms with Crippen LogP contribution in [-0.2, 0) is 6.04 Å². The summed E-state index contributed by atoms with van der Waals surface area (Å²) >= 11 is 0. The molecule has 0 N–H and O–H groups in total. The van der Waals surface area contributed by atoms with Crippen molar-refractivity contribution in [3.63, 3.8) is 0 Å². The molecule has 41 valence electrons. The molecule has 0 saturated heterocycles. The molecule has 0 amide bonds. The minimum absolute atomic E-state index is 1.17. The van der Waals surface area contributed by atoms with Crippen LogP contribution in [0.2, 0.25) is 0 Å².